The van der Waals surface area contributed by atoms with Gasteiger partial charge in [0.25, 0.3) is 0 Å². The van der Waals surface area contributed by atoms with Crippen molar-refractivity contribution >= 4 is 29.5 Å². The lowest BCUT2D eigenvalue weighted by Crippen LogP contribution is -2.29. The van der Waals surface area contributed by atoms with E-state index in [0.29, 0.717) is 0 Å². The van der Waals surface area contributed by atoms with Crippen LogP contribution in [0.25, 0.3) is 0 Å². The molecule has 6 heteroatoms. The number of carbonyl (C=O) groups is 3. The van der Waals surface area contributed by atoms with Crippen molar-refractivity contribution in [3.8, 4) is 0 Å². The Morgan fingerprint density at radius 3 is 2.17 bits per heavy atom. The third-order valence-corrected chi connectivity index (χ3v) is 3.87. The average molecular weight is 332 g/mol. The zero-order valence-electron chi connectivity index (χ0n) is 13.1. The molecule has 0 bridgehead atoms. The molecule has 0 aromatic heterocycles. The van der Waals surface area contributed by atoms with Crippen molar-refractivity contribution in [2.24, 2.45) is 0 Å². The number of unbranched alkanes of at least 4 members (excludes halogenated alkanes) is 7. The zero-order valence-corrected chi connectivity index (χ0v) is 14.0. The molecule has 1 fully saturated rings. The highest BCUT2D eigenvalue weighted by molar-refractivity contribution is 8.00. The van der Waals surface area contributed by atoms with Gasteiger partial charge in [-0.2, -0.15) is 11.8 Å². The Balaban J connectivity index is 1.95. The van der Waals surface area contributed by atoms with E-state index in [2.05, 4.69) is 5.32 Å². The summed E-state index contributed by atoms with van der Waals surface area (Å²) in [6.07, 6.45) is 17.4. The molecule has 1 aliphatic heterocycles. The average Bonchev–Trinajstić information content (AvgIpc) is 2.83. The maximum absolute atomic E-state index is 11.8. The molecule has 1 unspecified atom stereocenters. The highest BCUT2D eigenvalue weighted by atomic mass is 32.2. The molecule has 10 radical (unpaired) electrons. The minimum Gasteiger partial charge on any atom is -0.359 e. The van der Waals surface area contributed by atoms with Crippen LogP contribution < -0.4 is 5.32 Å². The summed E-state index contributed by atoms with van der Waals surface area (Å²) in [5, 5.41) is 2.22. The van der Waals surface area contributed by atoms with Gasteiger partial charge < -0.3 is 5.32 Å². The van der Waals surface area contributed by atoms with Crippen LogP contribution in [0, 0.1) is 64.3 Å². The number of carbonyl (C=O) groups excluding carboxylic acids is 3. The Kier molecular flexibility index (Phi) is 9.99. The van der Waals surface area contributed by atoms with Crippen LogP contribution in [0.5, 0.6) is 0 Å². The second-order valence-electron chi connectivity index (χ2n) is 4.50. The number of thioether (sulfide) groups is 1. The van der Waals surface area contributed by atoms with E-state index in [1.54, 1.807) is 58.4 Å². The number of rotatable bonds is 12. The number of likely N-dealkylation sites (tertiary alicyclic amines) is 1. The van der Waals surface area contributed by atoms with E-state index < -0.39 is 0 Å². The fourth-order valence-corrected chi connectivity index (χ4v) is 2.33. The summed E-state index contributed by atoms with van der Waals surface area (Å²) in [6, 6.07) is 0. The predicted octanol–water partition coefficient (Wildman–Crippen LogP) is 1.22. The molecule has 1 rings (SSSR count). The van der Waals surface area contributed by atoms with Crippen LogP contribution in [0.3, 0.4) is 0 Å². The van der Waals surface area contributed by atoms with E-state index in [4.69, 9.17) is 0 Å². The van der Waals surface area contributed by atoms with Crippen LogP contribution in [0.4, 0.5) is 0 Å². The third kappa shape index (κ3) is 7.38. The van der Waals surface area contributed by atoms with Crippen molar-refractivity contribution in [1.82, 2.24) is 10.2 Å². The third-order valence-electron chi connectivity index (χ3n) is 2.93. The fraction of sp³-hybridized carbons (Fsp3) is 0.235. The molecule has 1 N–H and O–H groups in total. The highest BCUT2D eigenvalue weighted by Gasteiger charge is 2.37. The molecule has 0 saturated carbocycles. The van der Waals surface area contributed by atoms with E-state index in [1.807, 2.05) is 6.26 Å². The molecule has 23 heavy (non-hydrogen) atoms. The van der Waals surface area contributed by atoms with E-state index in [0.717, 1.165) is 0 Å². The molecule has 1 atom stereocenters. The molecule has 122 valence electrons. The zero-order chi connectivity index (χ0) is 17.1. The van der Waals surface area contributed by atoms with Gasteiger partial charge in [-0.05, 0) is 57.6 Å². The van der Waals surface area contributed by atoms with Crippen molar-refractivity contribution in [2.75, 3.05) is 13.3 Å². The monoisotopic (exact) mass is 332 g/mol. The molecule has 1 saturated heterocycles. The lowest BCUT2D eigenvalue weighted by molar-refractivity contribution is -0.136. The second kappa shape index (κ2) is 11.5. The summed E-state index contributed by atoms with van der Waals surface area (Å²) in [7, 11) is 1.57. The van der Waals surface area contributed by atoms with Crippen LogP contribution in [-0.2, 0) is 14.4 Å². The summed E-state index contributed by atoms with van der Waals surface area (Å²) in [5.41, 5.74) is 0. The van der Waals surface area contributed by atoms with Crippen LogP contribution >= 0.6 is 11.8 Å². The van der Waals surface area contributed by atoms with Crippen LogP contribution in [0.2, 0.25) is 0 Å². The molecular formula is C17H20N2O3S. The maximum atomic E-state index is 11.8. The minimum absolute atomic E-state index is 0.154. The quantitative estimate of drug-likeness (QED) is 0.431. The van der Waals surface area contributed by atoms with Gasteiger partial charge in [-0.15, -0.1) is 0 Å². The van der Waals surface area contributed by atoms with Gasteiger partial charge in [-0.25, -0.2) is 0 Å². The van der Waals surface area contributed by atoms with Crippen LogP contribution in [0.15, 0.2) is 0 Å². The molecule has 5 nitrogen and oxygen atoms in total. The molecule has 3 amide bonds. The SMILES string of the molecule is CNC(=O)[CH][CH][CH][CH][CH][CH][CH][CH][CH][CH]N1C(=O)CC(SC)C1=O. The topological polar surface area (TPSA) is 66.5 Å². The first-order valence-corrected chi connectivity index (χ1v) is 8.34. The van der Waals surface area contributed by atoms with Gasteiger partial charge in [0.15, 0.2) is 0 Å². The Labute approximate surface area is 143 Å². The number of nitrogens with one attached hydrogen (secondary N) is 1. The molecule has 0 aromatic rings. The Bertz CT molecular complexity index is 401. The predicted molar refractivity (Wildman–Crippen MR) is 90.8 cm³/mol. The van der Waals surface area contributed by atoms with Crippen LogP contribution in [0.1, 0.15) is 6.42 Å². The minimum atomic E-state index is -0.260. The first-order valence-electron chi connectivity index (χ1n) is 7.05. The Morgan fingerprint density at radius 2 is 1.65 bits per heavy atom. The summed E-state index contributed by atoms with van der Waals surface area (Å²) in [6.45, 7) is 1.49. The van der Waals surface area contributed by atoms with Gasteiger partial charge in [0.1, 0.15) is 0 Å². The number of hydrogen-bond acceptors (Lipinski definition) is 4. The molecule has 0 aromatic carbocycles. The number of nitrogens with zero attached hydrogens (tertiary/aromatic N) is 1. The Hall–Kier alpha value is -1.04. The summed E-state index contributed by atoms with van der Waals surface area (Å²) >= 11 is 1.39. The van der Waals surface area contributed by atoms with Gasteiger partial charge in [0, 0.05) is 13.5 Å². The summed E-state index contributed by atoms with van der Waals surface area (Å²) < 4.78 is 0. The second-order valence-corrected chi connectivity index (χ2v) is 5.54. The first-order chi connectivity index (χ1) is 11.1. The molecule has 0 spiro atoms. The van der Waals surface area contributed by atoms with E-state index >= 15 is 0 Å². The lowest BCUT2D eigenvalue weighted by Gasteiger charge is -2.12. The van der Waals surface area contributed by atoms with Gasteiger partial charge in [0.2, 0.25) is 17.7 Å². The van der Waals surface area contributed by atoms with Gasteiger partial charge >= 0.3 is 0 Å². The van der Waals surface area contributed by atoms with E-state index in [9.17, 15) is 14.4 Å². The first kappa shape index (κ1) is 20.0. The summed E-state index contributed by atoms with van der Waals surface area (Å²) in [5.74, 6) is -0.479. The van der Waals surface area contributed by atoms with E-state index in [-0.39, 0.29) is 29.4 Å². The van der Waals surface area contributed by atoms with Crippen molar-refractivity contribution in [1.29, 1.82) is 0 Å². The van der Waals surface area contributed by atoms with Crippen LogP contribution in [-0.4, -0.2) is 41.2 Å². The Morgan fingerprint density at radius 1 is 1.09 bits per heavy atom. The maximum Gasteiger partial charge on any atom is 0.243 e. The molecule has 1 heterocycles. The largest absolute Gasteiger partial charge is 0.359 e. The fourth-order valence-electron chi connectivity index (χ4n) is 1.71. The van der Waals surface area contributed by atoms with Gasteiger partial charge in [-0.3, -0.25) is 19.3 Å². The van der Waals surface area contributed by atoms with Crippen molar-refractivity contribution < 1.29 is 14.4 Å². The lowest BCUT2D eigenvalue weighted by atomic mass is 10.1. The van der Waals surface area contributed by atoms with Gasteiger partial charge in [-0.1, -0.05) is 0 Å². The van der Waals surface area contributed by atoms with Crippen molar-refractivity contribution in [3.63, 3.8) is 0 Å². The molecule has 1 aliphatic rings. The van der Waals surface area contributed by atoms with Crippen molar-refractivity contribution in [3.05, 3.63) is 64.3 Å². The highest BCUT2D eigenvalue weighted by Crippen LogP contribution is 2.24. The molecule has 0 aliphatic carbocycles. The molecular weight excluding hydrogens is 312 g/mol. The standard InChI is InChI=1S/C17H20N2O3S/c1-18-15(20)11-9-7-5-3-4-6-8-10-12-19-16(21)13-14(23-2)17(19)22/h3-12,14H,13H2,1-2H3,(H,18,20). The number of hydrogen-bond donors (Lipinski definition) is 1. The normalized spacial score (nSPS) is 17.8. The van der Waals surface area contributed by atoms with E-state index in [1.165, 1.54) is 29.6 Å². The number of amides is 3. The summed E-state index contributed by atoms with van der Waals surface area (Å²) in [4.78, 5) is 35.5. The number of imide groups is 1. The van der Waals surface area contributed by atoms with Crippen molar-refractivity contribution in [2.45, 2.75) is 11.7 Å². The van der Waals surface area contributed by atoms with Gasteiger partial charge in [0.05, 0.1) is 18.2 Å². The smallest absolute Gasteiger partial charge is 0.243 e.